The van der Waals surface area contributed by atoms with Gasteiger partial charge in [0.1, 0.15) is 13.2 Å². The van der Waals surface area contributed by atoms with Crippen LogP contribution in [0.1, 0.15) is 5.89 Å². The molecule has 104 valence electrons. The fraction of sp³-hybridized carbons (Fsp3) is 0.182. The molecule has 1 aromatic heterocycles. The van der Waals surface area contributed by atoms with Crippen LogP contribution in [-0.2, 0) is 16.1 Å². The van der Waals surface area contributed by atoms with E-state index in [1.165, 1.54) is 24.3 Å². The predicted octanol–water partition coefficient (Wildman–Crippen LogP) is 1.25. The summed E-state index contributed by atoms with van der Waals surface area (Å²) < 4.78 is 10.0. The zero-order valence-electron chi connectivity index (χ0n) is 10.1. The lowest BCUT2D eigenvalue weighted by Crippen LogP contribution is -2.06. The lowest BCUT2D eigenvalue weighted by molar-refractivity contribution is -0.384. The number of carboxylic acids is 1. The third-order valence-corrected chi connectivity index (χ3v) is 2.24. The van der Waals surface area contributed by atoms with Crippen LogP contribution in [0.4, 0.5) is 5.69 Å². The average Bonchev–Trinajstić information content (AvgIpc) is 2.87. The number of nitro groups is 1. The number of non-ortho nitro benzene ring substituents is 1. The lowest BCUT2D eigenvalue weighted by Gasteiger charge is -1.96. The van der Waals surface area contributed by atoms with Gasteiger partial charge in [0.05, 0.1) is 4.92 Å². The molecule has 0 radical (unpaired) electrons. The van der Waals surface area contributed by atoms with Crippen LogP contribution in [-0.4, -0.2) is 32.8 Å². The monoisotopic (exact) mass is 279 g/mol. The zero-order chi connectivity index (χ0) is 14.5. The van der Waals surface area contributed by atoms with Crippen molar-refractivity contribution in [1.29, 1.82) is 0 Å². The van der Waals surface area contributed by atoms with Gasteiger partial charge in [-0.1, -0.05) is 0 Å². The highest BCUT2D eigenvalue weighted by Gasteiger charge is 2.11. The molecule has 0 unspecified atom stereocenters. The average molecular weight is 279 g/mol. The Morgan fingerprint density at radius 3 is 2.65 bits per heavy atom. The predicted molar refractivity (Wildman–Crippen MR) is 63.7 cm³/mol. The molecule has 0 aliphatic rings. The smallest absolute Gasteiger partial charge is 0.329 e. The van der Waals surface area contributed by atoms with Crippen LogP contribution >= 0.6 is 0 Å². The second-order valence-corrected chi connectivity index (χ2v) is 3.69. The molecule has 0 bridgehead atoms. The van der Waals surface area contributed by atoms with Crippen LogP contribution in [0, 0.1) is 10.1 Å². The molecule has 20 heavy (non-hydrogen) atoms. The van der Waals surface area contributed by atoms with Gasteiger partial charge >= 0.3 is 5.97 Å². The highest BCUT2D eigenvalue weighted by atomic mass is 16.6. The molecular formula is C11H9N3O6. The van der Waals surface area contributed by atoms with Crippen molar-refractivity contribution in [3.05, 3.63) is 40.3 Å². The molecule has 0 aliphatic carbocycles. The highest BCUT2D eigenvalue weighted by molar-refractivity contribution is 5.67. The van der Waals surface area contributed by atoms with Crippen LogP contribution in [0.2, 0.25) is 0 Å². The van der Waals surface area contributed by atoms with E-state index >= 15 is 0 Å². The Balaban J connectivity index is 2.04. The van der Waals surface area contributed by atoms with Gasteiger partial charge in [-0.05, 0) is 12.1 Å². The minimum atomic E-state index is -1.10. The Morgan fingerprint density at radius 1 is 1.35 bits per heavy atom. The fourth-order valence-electron chi connectivity index (χ4n) is 1.38. The Labute approximate surface area is 112 Å². The molecule has 9 nitrogen and oxygen atoms in total. The topological polar surface area (TPSA) is 129 Å². The largest absolute Gasteiger partial charge is 0.480 e. The number of ether oxygens (including phenoxy) is 1. The third-order valence-electron chi connectivity index (χ3n) is 2.24. The lowest BCUT2D eigenvalue weighted by atomic mass is 10.2. The van der Waals surface area contributed by atoms with Crippen molar-refractivity contribution in [1.82, 2.24) is 10.2 Å². The van der Waals surface area contributed by atoms with Gasteiger partial charge in [-0.2, -0.15) is 0 Å². The van der Waals surface area contributed by atoms with Crippen molar-refractivity contribution < 1.29 is 24.0 Å². The third kappa shape index (κ3) is 3.36. The van der Waals surface area contributed by atoms with Crippen LogP contribution < -0.4 is 0 Å². The molecule has 0 amide bonds. The summed E-state index contributed by atoms with van der Waals surface area (Å²) in [6.07, 6.45) is 0. The molecule has 9 heteroatoms. The van der Waals surface area contributed by atoms with E-state index in [0.717, 1.165) is 0 Å². The maximum atomic E-state index is 10.5. The second kappa shape index (κ2) is 5.89. The standard InChI is InChI=1S/C11H9N3O6/c15-10(16)6-19-5-9-12-13-11(20-9)7-1-3-8(4-2-7)14(17)18/h1-4H,5-6H2,(H,15,16). The number of carbonyl (C=O) groups is 1. The second-order valence-electron chi connectivity index (χ2n) is 3.69. The first-order valence-corrected chi connectivity index (χ1v) is 5.43. The quantitative estimate of drug-likeness (QED) is 0.617. The number of benzene rings is 1. The van der Waals surface area contributed by atoms with Gasteiger partial charge in [-0.15, -0.1) is 10.2 Å². The first-order chi connectivity index (χ1) is 9.56. The number of hydrogen-bond acceptors (Lipinski definition) is 7. The van der Waals surface area contributed by atoms with Crippen molar-refractivity contribution in [3.63, 3.8) is 0 Å². The first-order valence-electron chi connectivity index (χ1n) is 5.43. The van der Waals surface area contributed by atoms with Gasteiger partial charge < -0.3 is 14.3 Å². The normalized spacial score (nSPS) is 10.4. The van der Waals surface area contributed by atoms with Gasteiger partial charge in [-0.25, -0.2) is 4.79 Å². The van der Waals surface area contributed by atoms with Gasteiger partial charge in [-0.3, -0.25) is 10.1 Å². The number of nitro benzene ring substituents is 1. The summed E-state index contributed by atoms with van der Waals surface area (Å²) in [5.74, 6) is -0.798. The van der Waals surface area contributed by atoms with E-state index < -0.39 is 17.5 Å². The Bertz CT molecular complexity index is 621. The van der Waals surface area contributed by atoms with Crippen molar-refractivity contribution in [2.45, 2.75) is 6.61 Å². The SMILES string of the molecule is O=C(O)COCc1nnc(-c2ccc([N+](=O)[O-])cc2)o1. The van der Waals surface area contributed by atoms with Crippen LogP contribution in [0.3, 0.4) is 0 Å². The molecule has 0 aliphatic heterocycles. The van der Waals surface area contributed by atoms with Crippen LogP contribution in [0.25, 0.3) is 11.5 Å². The number of aliphatic carboxylic acids is 1. The molecule has 2 rings (SSSR count). The summed E-state index contributed by atoms with van der Waals surface area (Å²) in [7, 11) is 0. The molecule has 0 spiro atoms. The van der Waals surface area contributed by atoms with Crippen molar-refractivity contribution in [2.24, 2.45) is 0 Å². The fourth-order valence-corrected chi connectivity index (χ4v) is 1.38. The van der Waals surface area contributed by atoms with E-state index in [1.54, 1.807) is 0 Å². The van der Waals surface area contributed by atoms with Crippen molar-refractivity contribution in [3.8, 4) is 11.5 Å². The summed E-state index contributed by atoms with van der Waals surface area (Å²) >= 11 is 0. The Hall–Kier alpha value is -2.81. The summed E-state index contributed by atoms with van der Waals surface area (Å²) in [5.41, 5.74) is 0.478. The van der Waals surface area contributed by atoms with E-state index in [9.17, 15) is 14.9 Å². The van der Waals surface area contributed by atoms with E-state index in [2.05, 4.69) is 10.2 Å². The van der Waals surface area contributed by atoms with Crippen LogP contribution in [0.5, 0.6) is 0 Å². The Morgan fingerprint density at radius 2 is 2.05 bits per heavy atom. The van der Waals surface area contributed by atoms with Gasteiger partial charge in [0.15, 0.2) is 0 Å². The van der Waals surface area contributed by atoms with E-state index in [1.807, 2.05) is 0 Å². The summed E-state index contributed by atoms with van der Waals surface area (Å²) in [6.45, 7) is -0.582. The molecule has 1 N–H and O–H groups in total. The molecule has 1 heterocycles. The number of carboxylic acid groups (broad SMARTS) is 1. The van der Waals surface area contributed by atoms with E-state index in [0.29, 0.717) is 5.56 Å². The number of rotatable bonds is 6. The summed E-state index contributed by atoms with van der Waals surface area (Å²) in [5, 5.41) is 26.3. The highest BCUT2D eigenvalue weighted by Crippen LogP contribution is 2.21. The maximum absolute atomic E-state index is 10.5. The minimum absolute atomic E-state index is 0.0433. The van der Waals surface area contributed by atoms with Crippen molar-refractivity contribution >= 4 is 11.7 Å². The molecular weight excluding hydrogens is 270 g/mol. The van der Waals surface area contributed by atoms with Gasteiger partial charge in [0.2, 0.25) is 11.8 Å². The molecule has 0 atom stereocenters. The number of hydrogen-bond donors (Lipinski definition) is 1. The van der Waals surface area contributed by atoms with E-state index in [4.69, 9.17) is 14.3 Å². The first kappa shape index (κ1) is 13.6. The van der Waals surface area contributed by atoms with Gasteiger partial charge in [0, 0.05) is 17.7 Å². The Kier molecular flexibility index (Phi) is 4.01. The summed E-state index contributed by atoms with van der Waals surface area (Å²) in [4.78, 5) is 20.3. The molecule has 0 saturated heterocycles. The molecule has 1 aromatic carbocycles. The van der Waals surface area contributed by atoms with E-state index in [-0.39, 0.29) is 24.1 Å². The summed E-state index contributed by atoms with van der Waals surface area (Å²) in [6, 6.07) is 5.60. The maximum Gasteiger partial charge on any atom is 0.329 e. The van der Waals surface area contributed by atoms with Crippen LogP contribution in [0.15, 0.2) is 28.7 Å². The number of aromatic nitrogens is 2. The van der Waals surface area contributed by atoms with Gasteiger partial charge in [0.25, 0.3) is 5.69 Å². The minimum Gasteiger partial charge on any atom is -0.480 e. The molecule has 2 aromatic rings. The van der Waals surface area contributed by atoms with Crippen molar-refractivity contribution in [2.75, 3.05) is 6.61 Å². The number of nitrogens with zero attached hydrogens (tertiary/aromatic N) is 3. The zero-order valence-corrected chi connectivity index (χ0v) is 10.1. The molecule has 0 saturated carbocycles. The molecule has 0 fully saturated rings.